The lowest BCUT2D eigenvalue weighted by Crippen LogP contribution is -2.46. The second-order valence-corrected chi connectivity index (χ2v) is 7.24. The average Bonchev–Trinajstić information content (AvgIpc) is 2.30. The molecule has 0 fully saturated rings. The maximum absolute atomic E-state index is 11.9. The van der Waals surface area contributed by atoms with Crippen LogP contribution in [0.1, 0.15) is 12.5 Å². The number of carboxylic acid groups (broad SMARTS) is 1. The third kappa shape index (κ3) is 4.13. The van der Waals surface area contributed by atoms with Gasteiger partial charge in [0, 0.05) is 3.57 Å². The van der Waals surface area contributed by atoms with E-state index < -0.39 is 28.1 Å². The van der Waals surface area contributed by atoms with Gasteiger partial charge in [0.2, 0.25) is 10.0 Å². The standard InChI is InChI=1S/C11H14INO5S/c1-7-3-4-8(5-9(7)12)19(17,18)13-6-11(2,16)10(14)15/h3-5,13,16H,6H2,1-2H3,(H,14,15). The number of carboxylic acids is 1. The van der Waals surface area contributed by atoms with Crippen LogP contribution in [0, 0.1) is 10.5 Å². The Morgan fingerprint density at radius 1 is 1.47 bits per heavy atom. The summed E-state index contributed by atoms with van der Waals surface area (Å²) in [6.07, 6.45) is 0. The first-order valence-electron chi connectivity index (χ1n) is 5.28. The smallest absolute Gasteiger partial charge is 0.336 e. The summed E-state index contributed by atoms with van der Waals surface area (Å²) in [5.74, 6) is -1.49. The van der Waals surface area contributed by atoms with Crippen LogP contribution in [0.25, 0.3) is 0 Å². The Kier molecular flexibility index (Phi) is 4.93. The van der Waals surface area contributed by atoms with Crippen LogP contribution >= 0.6 is 22.6 Å². The molecule has 0 amide bonds. The van der Waals surface area contributed by atoms with E-state index in [0.717, 1.165) is 16.1 Å². The van der Waals surface area contributed by atoms with Gasteiger partial charge in [-0.1, -0.05) is 6.07 Å². The van der Waals surface area contributed by atoms with Gasteiger partial charge in [-0.05, 0) is 54.1 Å². The monoisotopic (exact) mass is 399 g/mol. The maximum atomic E-state index is 11.9. The molecule has 0 aromatic heterocycles. The van der Waals surface area contributed by atoms with Crippen LogP contribution in [0.5, 0.6) is 0 Å². The van der Waals surface area contributed by atoms with Crippen LogP contribution in [-0.4, -0.2) is 36.7 Å². The van der Waals surface area contributed by atoms with Crippen LogP contribution in [0.15, 0.2) is 23.1 Å². The van der Waals surface area contributed by atoms with E-state index in [9.17, 15) is 18.3 Å². The number of hydrogen-bond donors (Lipinski definition) is 3. The normalized spacial score (nSPS) is 14.9. The van der Waals surface area contributed by atoms with Gasteiger partial charge in [-0.15, -0.1) is 0 Å². The Hall–Kier alpha value is -0.710. The molecule has 0 bridgehead atoms. The van der Waals surface area contributed by atoms with Gasteiger partial charge in [0.15, 0.2) is 5.60 Å². The highest BCUT2D eigenvalue weighted by atomic mass is 127. The molecule has 0 radical (unpaired) electrons. The minimum Gasteiger partial charge on any atom is -0.479 e. The van der Waals surface area contributed by atoms with Crippen molar-refractivity contribution in [1.29, 1.82) is 0 Å². The van der Waals surface area contributed by atoms with E-state index in [-0.39, 0.29) is 4.90 Å². The summed E-state index contributed by atoms with van der Waals surface area (Å²) in [7, 11) is -3.84. The Labute approximate surface area is 125 Å². The molecule has 19 heavy (non-hydrogen) atoms. The summed E-state index contributed by atoms with van der Waals surface area (Å²) in [4.78, 5) is 10.7. The van der Waals surface area contributed by atoms with Gasteiger partial charge in [0.1, 0.15) is 0 Å². The van der Waals surface area contributed by atoms with Crippen molar-refractivity contribution < 1.29 is 23.4 Å². The van der Waals surface area contributed by atoms with E-state index in [1.807, 2.05) is 29.5 Å². The van der Waals surface area contributed by atoms with Crippen molar-refractivity contribution in [3.8, 4) is 0 Å². The van der Waals surface area contributed by atoms with Gasteiger partial charge in [-0.3, -0.25) is 0 Å². The van der Waals surface area contributed by atoms with E-state index in [1.54, 1.807) is 6.07 Å². The summed E-state index contributed by atoms with van der Waals surface area (Å²) in [5.41, 5.74) is -1.21. The zero-order chi connectivity index (χ0) is 14.8. The molecule has 1 aromatic carbocycles. The van der Waals surface area contributed by atoms with Crippen LogP contribution in [-0.2, 0) is 14.8 Å². The van der Waals surface area contributed by atoms with Crippen molar-refractivity contribution >= 4 is 38.6 Å². The summed E-state index contributed by atoms with van der Waals surface area (Å²) in [5, 5.41) is 18.2. The summed E-state index contributed by atoms with van der Waals surface area (Å²) in [6, 6.07) is 4.56. The highest BCUT2D eigenvalue weighted by molar-refractivity contribution is 14.1. The predicted octanol–water partition coefficient (Wildman–Crippen LogP) is 0.714. The van der Waals surface area contributed by atoms with Gasteiger partial charge in [-0.2, -0.15) is 0 Å². The molecule has 1 aromatic rings. The van der Waals surface area contributed by atoms with E-state index in [2.05, 4.69) is 4.72 Å². The minimum absolute atomic E-state index is 0.0312. The van der Waals surface area contributed by atoms with Gasteiger partial charge < -0.3 is 10.2 Å². The zero-order valence-electron chi connectivity index (χ0n) is 10.3. The SMILES string of the molecule is Cc1ccc(S(=O)(=O)NCC(C)(O)C(=O)O)cc1I. The topological polar surface area (TPSA) is 104 Å². The van der Waals surface area contributed by atoms with E-state index >= 15 is 0 Å². The highest BCUT2D eigenvalue weighted by Gasteiger charge is 2.31. The number of rotatable bonds is 5. The molecule has 0 saturated carbocycles. The fourth-order valence-corrected chi connectivity index (χ4v) is 3.02. The molecular formula is C11H14INO5S. The molecule has 0 aliphatic carbocycles. The Morgan fingerprint density at radius 2 is 2.05 bits per heavy atom. The first-order valence-corrected chi connectivity index (χ1v) is 7.84. The molecule has 0 aliphatic rings. The molecule has 1 unspecified atom stereocenters. The van der Waals surface area contributed by atoms with Crippen LogP contribution in [0.3, 0.4) is 0 Å². The van der Waals surface area contributed by atoms with Crippen molar-refractivity contribution in [3.05, 3.63) is 27.3 Å². The number of nitrogens with one attached hydrogen (secondary N) is 1. The van der Waals surface area contributed by atoms with E-state index in [0.29, 0.717) is 0 Å². The molecule has 6 nitrogen and oxygen atoms in total. The van der Waals surface area contributed by atoms with Crippen molar-refractivity contribution in [2.75, 3.05) is 6.54 Å². The molecule has 106 valence electrons. The van der Waals surface area contributed by atoms with Gasteiger partial charge >= 0.3 is 5.97 Å². The van der Waals surface area contributed by atoms with Crippen LogP contribution < -0.4 is 4.72 Å². The number of hydrogen-bond acceptors (Lipinski definition) is 4. The summed E-state index contributed by atoms with van der Waals surface area (Å²) >= 11 is 2.01. The second kappa shape index (κ2) is 5.73. The Morgan fingerprint density at radius 3 is 2.53 bits per heavy atom. The molecule has 1 atom stereocenters. The number of aryl methyl sites for hydroxylation is 1. The van der Waals surface area contributed by atoms with E-state index in [4.69, 9.17) is 5.11 Å². The minimum atomic E-state index is -3.84. The number of carbonyl (C=O) groups is 1. The van der Waals surface area contributed by atoms with E-state index in [1.165, 1.54) is 12.1 Å². The summed E-state index contributed by atoms with van der Waals surface area (Å²) in [6.45, 7) is 2.27. The molecule has 0 spiro atoms. The molecular weight excluding hydrogens is 385 g/mol. The second-order valence-electron chi connectivity index (χ2n) is 4.31. The first-order chi connectivity index (χ1) is 8.56. The predicted molar refractivity (Wildman–Crippen MR) is 77.3 cm³/mol. The van der Waals surface area contributed by atoms with Crippen LogP contribution in [0.4, 0.5) is 0 Å². The Balaban J connectivity index is 2.93. The van der Waals surface area contributed by atoms with Gasteiger partial charge in [-0.25, -0.2) is 17.9 Å². The molecule has 3 N–H and O–H groups in total. The van der Waals surface area contributed by atoms with Crippen molar-refractivity contribution in [3.63, 3.8) is 0 Å². The molecule has 0 saturated heterocycles. The van der Waals surface area contributed by atoms with Crippen molar-refractivity contribution in [2.45, 2.75) is 24.3 Å². The lowest BCUT2D eigenvalue weighted by Gasteiger charge is -2.18. The Bertz CT molecular complexity index is 597. The fraction of sp³-hybridized carbons (Fsp3) is 0.364. The van der Waals surface area contributed by atoms with Gasteiger partial charge in [0.25, 0.3) is 0 Å². The number of halogens is 1. The third-order valence-corrected chi connectivity index (χ3v) is 5.08. The zero-order valence-corrected chi connectivity index (χ0v) is 13.3. The van der Waals surface area contributed by atoms with Crippen molar-refractivity contribution in [1.82, 2.24) is 4.72 Å². The van der Waals surface area contributed by atoms with Gasteiger partial charge in [0.05, 0.1) is 11.4 Å². The quantitative estimate of drug-likeness (QED) is 0.633. The lowest BCUT2D eigenvalue weighted by molar-refractivity contribution is -0.155. The first kappa shape index (κ1) is 16.3. The largest absolute Gasteiger partial charge is 0.479 e. The molecule has 0 heterocycles. The molecule has 0 aliphatic heterocycles. The lowest BCUT2D eigenvalue weighted by atomic mass is 10.1. The van der Waals surface area contributed by atoms with Crippen LogP contribution in [0.2, 0.25) is 0 Å². The average molecular weight is 399 g/mol. The number of sulfonamides is 1. The fourth-order valence-electron chi connectivity index (χ4n) is 1.14. The number of aliphatic hydroxyl groups is 1. The highest BCUT2D eigenvalue weighted by Crippen LogP contribution is 2.17. The third-order valence-electron chi connectivity index (χ3n) is 2.52. The number of aliphatic carboxylic acids is 1. The number of benzene rings is 1. The maximum Gasteiger partial charge on any atom is 0.336 e. The summed E-state index contributed by atoms with van der Waals surface area (Å²) < 4.78 is 26.8. The molecule has 1 rings (SSSR count). The van der Waals surface area contributed by atoms with Crippen molar-refractivity contribution in [2.24, 2.45) is 0 Å². The molecule has 8 heteroatoms.